The number of morpholine rings is 1. The number of aromatic nitrogens is 4. The van der Waals surface area contributed by atoms with E-state index in [9.17, 15) is 0 Å². The normalized spacial score (nSPS) is 17.1. The van der Waals surface area contributed by atoms with Gasteiger partial charge in [0, 0.05) is 43.5 Å². The lowest BCUT2D eigenvalue weighted by atomic mass is 10.1. The van der Waals surface area contributed by atoms with Crippen molar-refractivity contribution in [2.75, 3.05) is 54.5 Å². The maximum atomic E-state index is 5.44. The number of hydrogen-bond acceptors (Lipinski definition) is 8. The van der Waals surface area contributed by atoms with Crippen LogP contribution in [0.4, 0.5) is 23.1 Å². The summed E-state index contributed by atoms with van der Waals surface area (Å²) in [7, 11) is 0. The summed E-state index contributed by atoms with van der Waals surface area (Å²) in [6, 6.07) is 14.3. The van der Waals surface area contributed by atoms with Crippen LogP contribution in [-0.2, 0) is 4.74 Å². The molecule has 2 aliphatic rings. The highest BCUT2D eigenvalue weighted by molar-refractivity contribution is 5.68. The molecule has 2 aromatic heterocycles. The van der Waals surface area contributed by atoms with Gasteiger partial charge in [0.15, 0.2) is 5.82 Å². The van der Waals surface area contributed by atoms with Crippen LogP contribution in [-0.4, -0.2) is 59.6 Å². The van der Waals surface area contributed by atoms with E-state index in [4.69, 9.17) is 4.74 Å². The first kappa shape index (κ1) is 20.6. The summed E-state index contributed by atoms with van der Waals surface area (Å²) >= 11 is 0. The minimum Gasteiger partial charge on any atom is -0.378 e. The summed E-state index contributed by atoms with van der Waals surface area (Å²) in [6.45, 7) is 5.28. The largest absolute Gasteiger partial charge is 0.378 e. The van der Waals surface area contributed by atoms with Crippen molar-refractivity contribution in [1.29, 1.82) is 0 Å². The van der Waals surface area contributed by atoms with E-state index in [-0.39, 0.29) is 0 Å². The minimum absolute atomic E-state index is 0.729. The Bertz CT molecular complexity index is 1010. The van der Waals surface area contributed by atoms with Gasteiger partial charge in [-0.1, -0.05) is 25.0 Å². The third kappa shape index (κ3) is 4.96. The van der Waals surface area contributed by atoms with Crippen molar-refractivity contribution in [1.82, 2.24) is 20.2 Å². The van der Waals surface area contributed by atoms with Crippen molar-refractivity contribution in [3.05, 3.63) is 48.8 Å². The van der Waals surface area contributed by atoms with Crippen LogP contribution in [0.1, 0.15) is 25.7 Å². The molecule has 32 heavy (non-hydrogen) atoms. The van der Waals surface area contributed by atoms with Gasteiger partial charge >= 0.3 is 0 Å². The predicted molar refractivity (Wildman–Crippen MR) is 126 cm³/mol. The summed E-state index contributed by atoms with van der Waals surface area (Å²) in [4.78, 5) is 13.4. The molecule has 3 aromatic rings. The number of rotatable bonds is 5. The number of benzene rings is 1. The molecule has 8 nitrogen and oxygen atoms in total. The number of nitrogens with one attached hydrogen (secondary N) is 1. The Hall–Kier alpha value is -3.26. The summed E-state index contributed by atoms with van der Waals surface area (Å²) in [5, 5.41) is 12.4. The smallest absolute Gasteiger partial charge is 0.151 e. The van der Waals surface area contributed by atoms with E-state index in [0.717, 1.165) is 73.8 Å². The molecule has 2 fully saturated rings. The number of ether oxygens (including phenoxy) is 1. The van der Waals surface area contributed by atoms with Crippen LogP contribution in [0.25, 0.3) is 11.3 Å². The van der Waals surface area contributed by atoms with Gasteiger partial charge < -0.3 is 19.9 Å². The van der Waals surface area contributed by atoms with Gasteiger partial charge in [-0.2, -0.15) is 0 Å². The summed E-state index contributed by atoms with van der Waals surface area (Å²) in [6.07, 6.45) is 6.68. The van der Waals surface area contributed by atoms with Crippen molar-refractivity contribution in [2.45, 2.75) is 25.7 Å². The van der Waals surface area contributed by atoms with Crippen LogP contribution < -0.4 is 15.1 Å². The van der Waals surface area contributed by atoms with Gasteiger partial charge in [-0.15, -0.1) is 10.2 Å². The molecule has 0 atom stereocenters. The SMILES string of the molecule is c1cc(Nc2cc(N3CCOCC3)ncn2)cc(-c2ccc(N3CCCCCC3)nn2)c1. The van der Waals surface area contributed by atoms with Gasteiger partial charge in [0.25, 0.3) is 0 Å². The van der Waals surface area contributed by atoms with Crippen molar-refractivity contribution in [3.8, 4) is 11.3 Å². The van der Waals surface area contributed by atoms with E-state index in [2.05, 4.69) is 59.5 Å². The Morgan fingerprint density at radius 3 is 2.34 bits per heavy atom. The molecule has 5 rings (SSSR count). The summed E-state index contributed by atoms with van der Waals surface area (Å²) < 4.78 is 5.44. The molecule has 2 saturated heterocycles. The first-order valence-electron chi connectivity index (χ1n) is 11.5. The third-order valence-electron chi connectivity index (χ3n) is 6.00. The first-order valence-corrected chi connectivity index (χ1v) is 11.5. The molecule has 2 aliphatic heterocycles. The Balaban J connectivity index is 1.29. The summed E-state index contributed by atoms with van der Waals surface area (Å²) in [5.41, 5.74) is 2.84. The lowest BCUT2D eigenvalue weighted by Crippen LogP contribution is -2.36. The summed E-state index contributed by atoms with van der Waals surface area (Å²) in [5.74, 6) is 2.65. The molecule has 0 aliphatic carbocycles. The molecule has 166 valence electrons. The van der Waals surface area contributed by atoms with E-state index in [0.29, 0.717) is 0 Å². The Morgan fingerprint density at radius 1 is 0.750 bits per heavy atom. The van der Waals surface area contributed by atoms with Crippen LogP contribution in [0, 0.1) is 0 Å². The van der Waals surface area contributed by atoms with Gasteiger partial charge in [-0.05, 0) is 37.1 Å². The van der Waals surface area contributed by atoms with Crippen LogP contribution in [0.5, 0.6) is 0 Å². The van der Waals surface area contributed by atoms with Gasteiger partial charge in [0.05, 0.1) is 18.9 Å². The maximum Gasteiger partial charge on any atom is 0.151 e. The highest BCUT2D eigenvalue weighted by atomic mass is 16.5. The number of hydrogen-bond donors (Lipinski definition) is 1. The molecule has 0 spiro atoms. The standard InChI is InChI=1S/C24H29N7O/c1-2-4-11-30(10-3-1)23-9-8-21(28-29-23)19-6-5-7-20(16-19)27-22-17-24(26-18-25-22)31-12-14-32-15-13-31/h5-9,16-18H,1-4,10-15H2,(H,25,26,27). The molecule has 1 N–H and O–H groups in total. The minimum atomic E-state index is 0.729. The molecule has 0 radical (unpaired) electrons. The first-order chi connectivity index (χ1) is 15.8. The van der Waals surface area contributed by atoms with E-state index in [1.54, 1.807) is 6.33 Å². The predicted octanol–water partition coefficient (Wildman–Crippen LogP) is 3.89. The molecule has 1 aromatic carbocycles. The fourth-order valence-electron chi connectivity index (χ4n) is 4.23. The maximum absolute atomic E-state index is 5.44. The van der Waals surface area contributed by atoms with Gasteiger partial charge in [-0.25, -0.2) is 9.97 Å². The topological polar surface area (TPSA) is 79.3 Å². The monoisotopic (exact) mass is 431 g/mol. The van der Waals surface area contributed by atoms with Crippen molar-refractivity contribution < 1.29 is 4.74 Å². The zero-order chi connectivity index (χ0) is 21.6. The van der Waals surface area contributed by atoms with Gasteiger partial charge in [-0.3, -0.25) is 0 Å². The average Bonchev–Trinajstić information content (AvgIpc) is 3.15. The van der Waals surface area contributed by atoms with E-state index in [1.807, 2.05) is 18.2 Å². The molecular weight excluding hydrogens is 402 g/mol. The van der Waals surface area contributed by atoms with Crippen molar-refractivity contribution >= 4 is 23.1 Å². The van der Waals surface area contributed by atoms with Crippen LogP contribution in [0.3, 0.4) is 0 Å². The second-order valence-electron chi connectivity index (χ2n) is 8.24. The van der Waals surface area contributed by atoms with E-state index >= 15 is 0 Å². The zero-order valence-corrected chi connectivity index (χ0v) is 18.3. The van der Waals surface area contributed by atoms with Gasteiger partial charge in [0.1, 0.15) is 18.0 Å². The second kappa shape index (κ2) is 9.91. The zero-order valence-electron chi connectivity index (χ0n) is 18.3. The van der Waals surface area contributed by atoms with Crippen LogP contribution in [0.15, 0.2) is 48.8 Å². The van der Waals surface area contributed by atoms with E-state index < -0.39 is 0 Å². The molecule has 0 bridgehead atoms. The highest BCUT2D eigenvalue weighted by Gasteiger charge is 2.14. The molecule has 0 saturated carbocycles. The number of nitrogens with zero attached hydrogens (tertiary/aromatic N) is 6. The number of anilines is 4. The molecular formula is C24H29N7O. The second-order valence-corrected chi connectivity index (χ2v) is 8.24. The Labute approximate surface area is 188 Å². The molecule has 0 unspecified atom stereocenters. The molecule has 8 heteroatoms. The Kier molecular flexibility index (Phi) is 6.39. The van der Waals surface area contributed by atoms with Crippen LogP contribution in [0.2, 0.25) is 0 Å². The van der Waals surface area contributed by atoms with Crippen molar-refractivity contribution in [3.63, 3.8) is 0 Å². The lowest BCUT2D eigenvalue weighted by Gasteiger charge is -2.27. The quantitative estimate of drug-likeness (QED) is 0.652. The Morgan fingerprint density at radius 2 is 1.56 bits per heavy atom. The average molecular weight is 432 g/mol. The molecule has 4 heterocycles. The molecule has 0 amide bonds. The fourth-order valence-corrected chi connectivity index (χ4v) is 4.23. The third-order valence-corrected chi connectivity index (χ3v) is 6.00. The highest BCUT2D eigenvalue weighted by Crippen LogP contribution is 2.25. The van der Waals surface area contributed by atoms with Crippen molar-refractivity contribution in [2.24, 2.45) is 0 Å². The fraction of sp³-hybridized carbons (Fsp3) is 0.417. The van der Waals surface area contributed by atoms with E-state index in [1.165, 1.54) is 25.7 Å². The van der Waals surface area contributed by atoms with Gasteiger partial charge in [0.2, 0.25) is 0 Å². The lowest BCUT2D eigenvalue weighted by molar-refractivity contribution is 0.122. The van der Waals surface area contributed by atoms with Crippen LogP contribution >= 0.6 is 0 Å².